The summed E-state index contributed by atoms with van der Waals surface area (Å²) in [4.78, 5) is 29.8. The zero-order valence-corrected chi connectivity index (χ0v) is 19.6. The second-order valence-corrected chi connectivity index (χ2v) is 10.9. The highest BCUT2D eigenvalue weighted by molar-refractivity contribution is 5.83. The standard InChI is InChI=1S/C24H42N6O2/c1-29-10-8-19(9-11-29)28-24(32)21-12-17-6-7-18(22(25)26)13-20(17)30(21)14-15-2-4-16(5-3-15)23(27)31/h15-21H,2-14H2,1H3,(H3,25,26)(H2,27,31)(H,28,32). The SMILES string of the molecule is CN1CCC(NC(=O)C2CC3CCC(C(=N)N)CC3N2CC2CCC(C(N)=O)CC2)CC1. The third-order valence-electron chi connectivity index (χ3n) is 8.83. The van der Waals surface area contributed by atoms with E-state index in [1.165, 1.54) is 0 Å². The summed E-state index contributed by atoms with van der Waals surface area (Å²) in [5.74, 6) is 1.49. The van der Waals surface area contributed by atoms with E-state index >= 15 is 0 Å². The van der Waals surface area contributed by atoms with Crippen LogP contribution in [0.5, 0.6) is 0 Å². The van der Waals surface area contributed by atoms with E-state index in [4.69, 9.17) is 16.9 Å². The molecule has 4 atom stereocenters. The minimum atomic E-state index is -0.170. The molecule has 2 saturated heterocycles. The maximum absolute atomic E-state index is 13.5. The van der Waals surface area contributed by atoms with Crippen molar-refractivity contribution in [2.45, 2.75) is 82.3 Å². The summed E-state index contributed by atoms with van der Waals surface area (Å²) in [6.07, 6.45) is 9.61. The van der Waals surface area contributed by atoms with Gasteiger partial charge in [-0.15, -0.1) is 0 Å². The van der Waals surface area contributed by atoms with Gasteiger partial charge in [0.05, 0.1) is 11.9 Å². The first kappa shape index (κ1) is 23.5. The van der Waals surface area contributed by atoms with E-state index in [-0.39, 0.29) is 35.7 Å². The van der Waals surface area contributed by atoms with Crippen molar-refractivity contribution in [3.05, 3.63) is 0 Å². The Balaban J connectivity index is 1.43. The second-order valence-electron chi connectivity index (χ2n) is 10.9. The number of nitrogens with zero attached hydrogens (tertiary/aromatic N) is 2. The van der Waals surface area contributed by atoms with Crippen molar-refractivity contribution in [2.24, 2.45) is 35.1 Å². The molecule has 4 rings (SSSR count). The van der Waals surface area contributed by atoms with Crippen LogP contribution in [-0.4, -0.2) is 72.3 Å². The molecule has 2 heterocycles. The number of rotatable bonds is 6. The molecule has 0 spiro atoms. The van der Waals surface area contributed by atoms with E-state index in [2.05, 4.69) is 22.2 Å². The topological polar surface area (TPSA) is 129 Å². The van der Waals surface area contributed by atoms with Crippen LogP contribution in [0.15, 0.2) is 0 Å². The van der Waals surface area contributed by atoms with Crippen LogP contribution in [0.25, 0.3) is 0 Å². The Morgan fingerprint density at radius 3 is 2.22 bits per heavy atom. The second kappa shape index (κ2) is 10.1. The zero-order chi connectivity index (χ0) is 22.8. The molecule has 180 valence electrons. The van der Waals surface area contributed by atoms with Gasteiger partial charge in [0, 0.05) is 30.5 Å². The van der Waals surface area contributed by atoms with Gasteiger partial charge in [-0.05, 0) is 96.2 Å². The maximum atomic E-state index is 13.5. The fraction of sp³-hybridized carbons (Fsp3) is 0.875. The van der Waals surface area contributed by atoms with E-state index in [0.717, 1.165) is 83.8 Å². The summed E-state index contributed by atoms with van der Waals surface area (Å²) >= 11 is 0. The van der Waals surface area contributed by atoms with Crippen molar-refractivity contribution in [2.75, 3.05) is 26.7 Å². The van der Waals surface area contributed by atoms with Crippen LogP contribution in [0.1, 0.15) is 64.2 Å². The average molecular weight is 447 g/mol. The molecule has 0 aromatic rings. The third kappa shape index (κ3) is 5.28. The number of nitrogens with one attached hydrogen (secondary N) is 2. The van der Waals surface area contributed by atoms with E-state index in [1.807, 2.05) is 0 Å². The molecule has 2 amide bonds. The van der Waals surface area contributed by atoms with Gasteiger partial charge < -0.3 is 21.7 Å². The number of fused-ring (bicyclic) bond motifs is 1. The van der Waals surface area contributed by atoms with Gasteiger partial charge in [-0.25, -0.2) is 0 Å². The molecule has 32 heavy (non-hydrogen) atoms. The molecule has 0 bridgehead atoms. The summed E-state index contributed by atoms with van der Waals surface area (Å²) in [6, 6.07) is 0.531. The Morgan fingerprint density at radius 2 is 1.59 bits per heavy atom. The molecule has 4 unspecified atom stereocenters. The van der Waals surface area contributed by atoms with Crippen LogP contribution in [0, 0.1) is 29.1 Å². The lowest BCUT2D eigenvalue weighted by Gasteiger charge is -2.40. The molecule has 0 aromatic carbocycles. The predicted molar refractivity (Wildman–Crippen MR) is 125 cm³/mol. The number of amidine groups is 1. The quantitative estimate of drug-likeness (QED) is 0.361. The number of likely N-dealkylation sites (tertiary alicyclic amines) is 2. The van der Waals surface area contributed by atoms with Crippen LogP contribution >= 0.6 is 0 Å². The van der Waals surface area contributed by atoms with Crippen molar-refractivity contribution < 1.29 is 9.59 Å². The summed E-state index contributed by atoms with van der Waals surface area (Å²) in [5, 5.41) is 11.4. The number of hydrogen-bond acceptors (Lipinski definition) is 5. The number of carbonyl (C=O) groups excluding carboxylic acids is 2. The number of hydrogen-bond donors (Lipinski definition) is 4. The summed E-state index contributed by atoms with van der Waals surface area (Å²) in [6.45, 7) is 2.98. The average Bonchev–Trinajstić information content (AvgIpc) is 3.13. The molecule has 8 nitrogen and oxygen atoms in total. The summed E-state index contributed by atoms with van der Waals surface area (Å²) in [7, 11) is 2.14. The van der Waals surface area contributed by atoms with Gasteiger partial charge in [0.2, 0.25) is 11.8 Å². The molecule has 2 saturated carbocycles. The lowest BCUT2D eigenvalue weighted by molar-refractivity contribution is -0.127. The number of amides is 2. The Bertz CT molecular complexity index is 699. The predicted octanol–water partition coefficient (Wildman–Crippen LogP) is 1.28. The fourth-order valence-corrected chi connectivity index (χ4v) is 6.72. The highest BCUT2D eigenvalue weighted by Gasteiger charge is 2.48. The first-order chi connectivity index (χ1) is 15.3. The molecule has 0 aromatic heterocycles. The van der Waals surface area contributed by atoms with Crippen LogP contribution < -0.4 is 16.8 Å². The Labute approximate surface area is 192 Å². The third-order valence-corrected chi connectivity index (χ3v) is 8.83. The van der Waals surface area contributed by atoms with Crippen molar-refractivity contribution >= 4 is 17.6 Å². The highest BCUT2D eigenvalue weighted by atomic mass is 16.2. The lowest BCUT2D eigenvalue weighted by atomic mass is 9.77. The van der Waals surface area contributed by atoms with Gasteiger partial charge in [-0.3, -0.25) is 19.9 Å². The lowest BCUT2D eigenvalue weighted by Crippen LogP contribution is -2.53. The molecule has 2 aliphatic carbocycles. The molecular formula is C24H42N6O2. The molecule has 4 aliphatic rings. The number of carbonyl (C=O) groups is 2. The van der Waals surface area contributed by atoms with Gasteiger partial charge in [-0.2, -0.15) is 0 Å². The summed E-state index contributed by atoms with van der Waals surface area (Å²) < 4.78 is 0. The smallest absolute Gasteiger partial charge is 0.237 e. The van der Waals surface area contributed by atoms with E-state index in [1.54, 1.807) is 0 Å². The Kier molecular flexibility index (Phi) is 7.40. The van der Waals surface area contributed by atoms with Gasteiger partial charge in [0.1, 0.15) is 0 Å². The number of primary amides is 1. The highest BCUT2D eigenvalue weighted by Crippen LogP contribution is 2.43. The maximum Gasteiger partial charge on any atom is 0.237 e. The minimum absolute atomic E-state index is 0.0119. The molecule has 6 N–H and O–H groups in total. The van der Waals surface area contributed by atoms with Crippen LogP contribution in [-0.2, 0) is 9.59 Å². The van der Waals surface area contributed by atoms with Gasteiger partial charge >= 0.3 is 0 Å². The minimum Gasteiger partial charge on any atom is -0.387 e. The Hall–Kier alpha value is -1.67. The first-order valence-electron chi connectivity index (χ1n) is 12.7. The van der Waals surface area contributed by atoms with E-state index in [0.29, 0.717) is 23.7 Å². The number of piperidine rings is 1. The van der Waals surface area contributed by atoms with E-state index < -0.39 is 0 Å². The largest absolute Gasteiger partial charge is 0.387 e. The van der Waals surface area contributed by atoms with Gasteiger partial charge in [0.25, 0.3) is 0 Å². The van der Waals surface area contributed by atoms with Crippen molar-refractivity contribution in [1.29, 1.82) is 5.41 Å². The van der Waals surface area contributed by atoms with Crippen LogP contribution in [0.2, 0.25) is 0 Å². The van der Waals surface area contributed by atoms with Gasteiger partial charge in [-0.1, -0.05) is 0 Å². The first-order valence-corrected chi connectivity index (χ1v) is 12.7. The molecular weight excluding hydrogens is 404 g/mol. The van der Waals surface area contributed by atoms with Crippen molar-refractivity contribution in [1.82, 2.24) is 15.1 Å². The normalized spacial score (nSPS) is 37.0. The molecule has 8 heteroatoms. The van der Waals surface area contributed by atoms with Gasteiger partial charge in [0.15, 0.2) is 0 Å². The monoisotopic (exact) mass is 446 g/mol. The molecule has 0 radical (unpaired) electrons. The molecule has 4 fully saturated rings. The zero-order valence-electron chi connectivity index (χ0n) is 19.6. The molecule has 2 aliphatic heterocycles. The fourth-order valence-electron chi connectivity index (χ4n) is 6.72. The number of nitrogens with two attached hydrogens (primary N) is 2. The van der Waals surface area contributed by atoms with E-state index in [9.17, 15) is 9.59 Å². The van der Waals surface area contributed by atoms with Crippen LogP contribution in [0.3, 0.4) is 0 Å². The van der Waals surface area contributed by atoms with Crippen molar-refractivity contribution in [3.8, 4) is 0 Å². The van der Waals surface area contributed by atoms with Crippen molar-refractivity contribution in [3.63, 3.8) is 0 Å². The van der Waals surface area contributed by atoms with Crippen LogP contribution in [0.4, 0.5) is 0 Å². The Morgan fingerprint density at radius 1 is 0.938 bits per heavy atom. The summed E-state index contributed by atoms with van der Waals surface area (Å²) in [5.41, 5.74) is 11.4.